The van der Waals surface area contributed by atoms with E-state index in [0.717, 1.165) is 23.5 Å². The Balaban J connectivity index is 1.35. The van der Waals surface area contributed by atoms with E-state index in [4.69, 9.17) is 16.7 Å². The Morgan fingerprint density at radius 1 is 1.13 bits per heavy atom. The number of carbonyl (C=O) groups is 1. The molecule has 1 aromatic heterocycles. The molecular weight excluding hydrogens is 398 g/mol. The summed E-state index contributed by atoms with van der Waals surface area (Å²) in [6.45, 7) is 5.43. The van der Waals surface area contributed by atoms with Crippen LogP contribution in [0.2, 0.25) is 5.02 Å². The number of nitrogens with zero attached hydrogens (tertiary/aromatic N) is 3. The molecule has 0 saturated carbocycles. The van der Waals surface area contributed by atoms with Gasteiger partial charge >= 0.3 is 0 Å². The molecule has 6 heteroatoms. The number of hydrogen-bond acceptors (Lipinski definition) is 3. The maximum atomic E-state index is 12.8. The minimum Gasteiger partial charge on any atom is -0.508 e. The van der Waals surface area contributed by atoms with E-state index in [1.807, 2.05) is 23.7 Å². The highest BCUT2D eigenvalue weighted by Gasteiger charge is 2.49. The van der Waals surface area contributed by atoms with Crippen LogP contribution in [0, 0.1) is 19.3 Å². The number of para-hydroxylation sites is 1. The number of benzene rings is 2. The molecule has 2 heterocycles. The van der Waals surface area contributed by atoms with Crippen LogP contribution in [0.4, 0.5) is 0 Å². The maximum Gasteiger partial charge on any atom is 0.255 e. The fraction of sp³-hybridized carbons (Fsp3) is 0.250. The molecular formula is C24H22ClN3O2. The third-order valence-electron chi connectivity index (χ3n) is 6.01. The van der Waals surface area contributed by atoms with Gasteiger partial charge in [0.15, 0.2) is 0 Å². The monoisotopic (exact) mass is 419 g/mol. The standard InChI is InChI=1S/C24H22ClN3O2/c1-15-5-3-4-6-21(15)28-22(9-16(2)26-28)17-11-24(12-17)13-27(14-24)23(30)19-10-18(29)7-8-20(19)25/h3-11,29H,12-14H2,1-2H3. The van der Waals surface area contributed by atoms with Gasteiger partial charge in [0.1, 0.15) is 5.75 Å². The second kappa shape index (κ2) is 6.74. The molecule has 3 aromatic rings. The Hall–Kier alpha value is -3.05. The number of aromatic hydroxyl groups is 1. The largest absolute Gasteiger partial charge is 0.508 e. The highest BCUT2D eigenvalue weighted by Crippen LogP contribution is 2.51. The second-order valence-electron chi connectivity index (χ2n) is 8.40. The van der Waals surface area contributed by atoms with Gasteiger partial charge in [-0.3, -0.25) is 4.79 Å². The van der Waals surface area contributed by atoms with E-state index in [2.05, 4.69) is 31.2 Å². The van der Waals surface area contributed by atoms with E-state index in [1.165, 1.54) is 23.3 Å². The van der Waals surface area contributed by atoms with Gasteiger partial charge in [0.25, 0.3) is 5.91 Å². The summed E-state index contributed by atoms with van der Waals surface area (Å²) in [6.07, 6.45) is 3.20. The first kappa shape index (κ1) is 18.9. The van der Waals surface area contributed by atoms with Crippen molar-refractivity contribution >= 4 is 23.1 Å². The van der Waals surface area contributed by atoms with Gasteiger partial charge in [0.05, 0.1) is 27.7 Å². The normalized spacial score (nSPS) is 16.8. The molecule has 1 spiro atoms. The van der Waals surface area contributed by atoms with Crippen molar-refractivity contribution in [2.75, 3.05) is 13.1 Å². The summed E-state index contributed by atoms with van der Waals surface area (Å²) in [5.74, 6) is -0.0900. The van der Waals surface area contributed by atoms with Gasteiger partial charge in [-0.2, -0.15) is 5.10 Å². The molecule has 0 bridgehead atoms. The van der Waals surface area contributed by atoms with Gasteiger partial charge in [0, 0.05) is 18.5 Å². The highest BCUT2D eigenvalue weighted by molar-refractivity contribution is 6.33. The van der Waals surface area contributed by atoms with Crippen molar-refractivity contribution < 1.29 is 9.90 Å². The number of likely N-dealkylation sites (tertiary alicyclic amines) is 1. The zero-order valence-electron chi connectivity index (χ0n) is 16.9. The molecule has 30 heavy (non-hydrogen) atoms. The van der Waals surface area contributed by atoms with Gasteiger partial charge in [-0.25, -0.2) is 4.68 Å². The summed E-state index contributed by atoms with van der Waals surface area (Å²) in [5.41, 5.74) is 6.02. The first-order valence-corrected chi connectivity index (χ1v) is 10.4. The Morgan fingerprint density at radius 2 is 1.87 bits per heavy atom. The van der Waals surface area contributed by atoms with E-state index in [-0.39, 0.29) is 17.1 Å². The molecule has 1 saturated heterocycles. The number of halogens is 1. The van der Waals surface area contributed by atoms with Gasteiger partial charge in [-0.15, -0.1) is 0 Å². The smallest absolute Gasteiger partial charge is 0.255 e. The molecule has 2 aliphatic rings. The van der Waals surface area contributed by atoms with Gasteiger partial charge in [0.2, 0.25) is 0 Å². The molecule has 1 fully saturated rings. The van der Waals surface area contributed by atoms with E-state index in [9.17, 15) is 9.90 Å². The van der Waals surface area contributed by atoms with Crippen LogP contribution >= 0.6 is 11.6 Å². The van der Waals surface area contributed by atoms with Crippen LogP contribution in [0.25, 0.3) is 11.3 Å². The molecule has 1 amide bonds. The molecule has 1 N–H and O–H groups in total. The zero-order chi connectivity index (χ0) is 21.0. The predicted octanol–water partition coefficient (Wildman–Crippen LogP) is 4.78. The Kier molecular flexibility index (Phi) is 4.26. The average Bonchev–Trinajstić information content (AvgIpc) is 3.03. The Bertz CT molecular complexity index is 1200. The van der Waals surface area contributed by atoms with Crippen LogP contribution in [0.5, 0.6) is 5.75 Å². The SMILES string of the molecule is Cc1cc(C2=CC3(C2)CN(C(=O)c2cc(O)ccc2Cl)C3)n(-c2ccccc2C)n1. The van der Waals surface area contributed by atoms with Gasteiger partial charge in [-0.1, -0.05) is 35.9 Å². The average molecular weight is 420 g/mol. The van der Waals surface area contributed by atoms with Crippen molar-refractivity contribution in [1.29, 1.82) is 0 Å². The summed E-state index contributed by atoms with van der Waals surface area (Å²) < 4.78 is 2.03. The summed E-state index contributed by atoms with van der Waals surface area (Å²) >= 11 is 6.15. The summed E-state index contributed by atoms with van der Waals surface area (Å²) in [4.78, 5) is 14.5. The topological polar surface area (TPSA) is 58.4 Å². The van der Waals surface area contributed by atoms with Crippen molar-refractivity contribution in [3.8, 4) is 11.4 Å². The van der Waals surface area contributed by atoms with Crippen LogP contribution in [0.3, 0.4) is 0 Å². The Labute approximate surface area is 180 Å². The lowest BCUT2D eigenvalue weighted by Crippen LogP contribution is -2.60. The lowest BCUT2D eigenvalue weighted by atomic mass is 9.65. The minimum atomic E-state index is -0.135. The van der Waals surface area contributed by atoms with Crippen LogP contribution in [0.15, 0.2) is 54.6 Å². The number of aromatic nitrogens is 2. The number of aryl methyl sites for hydroxylation is 2. The molecule has 0 unspecified atom stereocenters. The fourth-order valence-electron chi connectivity index (χ4n) is 4.51. The Morgan fingerprint density at radius 3 is 2.60 bits per heavy atom. The van der Waals surface area contributed by atoms with Crippen molar-refractivity contribution in [2.45, 2.75) is 20.3 Å². The summed E-state index contributed by atoms with van der Waals surface area (Å²) in [6, 6.07) is 14.8. The fourth-order valence-corrected chi connectivity index (χ4v) is 4.70. The molecule has 0 radical (unpaired) electrons. The molecule has 152 valence electrons. The van der Waals surface area contributed by atoms with Crippen LogP contribution in [-0.4, -0.2) is 38.8 Å². The van der Waals surface area contributed by atoms with Crippen molar-refractivity contribution in [2.24, 2.45) is 5.41 Å². The first-order chi connectivity index (χ1) is 14.3. The number of allylic oxidation sites excluding steroid dienone is 1. The van der Waals surface area contributed by atoms with E-state index < -0.39 is 0 Å². The number of hydrogen-bond donors (Lipinski definition) is 1. The number of carbonyl (C=O) groups excluding carboxylic acids is 1. The van der Waals surface area contributed by atoms with Gasteiger partial charge in [-0.05, 0) is 61.7 Å². The molecule has 1 aliphatic heterocycles. The van der Waals surface area contributed by atoms with Crippen LogP contribution < -0.4 is 0 Å². The van der Waals surface area contributed by atoms with Crippen LogP contribution in [0.1, 0.15) is 33.7 Å². The van der Waals surface area contributed by atoms with E-state index in [1.54, 1.807) is 11.0 Å². The third-order valence-corrected chi connectivity index (χ3v) is 6.34. The predicted molar refractivity (Wildman–Crippen MR) is 117 cm³/mol. The van der Waals surface area contributed by atoms with Crippen molar-refractivity contribution in [1.82, 2.24) is 14.7 Å². The number of phenols is 1. The van der Waals surface area contributed by atoms with Crippen molar-refractivity contribution in [3.63, 3.8) is 0 Å². The molecule has 1 aliphatic carbocycles. The maximum absolute atomic E-state index is 12.8. The zero-order valence-corrected chi connectivity index (χ0v) is 17.6. The number of rotatable bonds is 3. The lowest BCUT2D eigenvalue weighted by Gasteiger charge is -2.54. The molecule has 2 aromatic carbocycles. The third kappa shape index (κ3) is 3.01. The number of phenolic OH excluding ortho intramolecular Hbond substituents is 1. The number of amides is 1. The van der Waals surface area contributed by atoms with Gasteiger partial charge < -0.3 is 10.0 Å². The van der Waals surface area contributed by atoms with E-state index in [0.29, 0.717) is 23.7 Å². The second-order valence-corrected chi connectivity index (χ2v) is 8.81. The highest BCUT2D eigenvalue weighted by atomic mass is 35.5. The quantitative estimate of drug-likeness (QED) is 0.664. The molecule has 0 atom stereocenters. The summed E-state index contributed by atoms with van der Waals surface area (Å²) in [7, 11) is 0. The molecule has 5 nitrogen and oxygen atoms in total. The van der Waals surface area contributed by atoms with Crippen LogP contribution in [-0.2, 0) is 0 Å². The van der Waals surface area contributed by atoms with E-state index >= 15 is 0 Å². The lowest BCUT2D eigenvalue weighted by molar-refractivity contribution is 0.0246. The summed E-state index contributed by atoms with van der Waals surface area (Å²) in [5, 5.41) is 14.7. The molecule has 5 rings (SSSR count). The van der Waals surface area contributed by atoms with Crippen molar-refractivity contribution in [3.05, 3.63) is 82.1 Å². The minimum absolute atomic E-state index is 0.0308. The first-order valence-electron chi connectivity index (χ1n) is 9.98.